The smallest absolute Gasteiger partial charge is 0.251 e. The van der Waals surface area contributed by atoms with E-state index in [0.717, 1.165) is 10.9 Å². The van der Waals surface area contributed by atoms with Crippen LogP contribution in [0.5, 0.6) is 0 Å². The molecule has 0 aliphatic heterocycles. The van der Waals surface area contributed by atoms with E-state index >= 15 is 0 Å². The van der Waals surface area contributed by atoms with Crippen LogP contribution in [0.1, 0.15) is 36.5 Å². The third-order valence-corrected chi connectivity index (χ3v) is 4.49. The van der Waals surface area contributed by atoms with Gasteiger partial charge in [0, 0.05) is 29.2 Å². The van der Waals surface area contributed by atoms with Crippen molar-refractivity contribution in [2.75, 3.05) is 6.61 Å². The Labute approximate surface area is 135 Å². The number of hydrogen-bond acceptors (Lipinski definition) is 5. The molecular formula is C17H22N4O2. The molecule has 2 atom stereocenters. The van der Waals surface area contributed by atoms with Crippen molar-refractivity contribution in [2.24, 2.45) is 0 Å². The molecule has 3 rings (SSSR count). The average Bonchev–Trinajstić information content (AvgIpc) is 2.55. The predicted octanol–water partition coefficient (Wildman–Crippen LogP) is 1.25. The topological polar surface area (TPSA) is 87.1 Å². The van der Waals surface area contributed by atoms with Crippen molar-refractivity contribution in [1.29, 1.82) is 0 Å². The maximum atomic E-state index is 12.4. The van der Waals surface area contributed by atoms with Crippen LogP contribution in [0.25, 0.3) is 10.9 Å². The first kappa shape index (κ1) is 15.8. The van der Waals surface area contributed by atoms with Gasteiger partial charge < -0.3 is 15.7 Å². The zero-order valence-corrected chi connectivity index (χ0v) is 13.2. The highest BCUT2D eigenvalue weighted by atomic mass is 16.3. The van der Waals surface area contributed by atoms with Crippen molar-refractivity contribution in [1.82, 2.24) is 20.6 Å². The number of aliphatic hydroxyl groups excluding tert-OH is 1. The average molecular weight is 314 g/mol. The van der Waals surface area contributed by atoms with Gasteiger partial charge in [-0.15, -0.1) is 0 Å². The summed E-state index contributed by atoms with van der Waals surface area (Å²) in [6.45, 7) is 1.90. The largest absolute Gasteiger partial charge is 0.394 e. The summed E-state index contributed by atoms with van der Waals surface area (Å²) in [5.41, 5.74) is 1.26. The highest BCUT2D eigenvalue weighted by molar-refractivity contribution is 5.97. The molecule has 6 nitrogen and oxygen atoms in total. The third-order valence-electron chi connectivity index (χ3n) is 4.49. The predicted molar refractivity (Wildman–Crippen MR) is 88.1 cm³/mol. The third kappa shape index (κ3) is 3.65. The van der Waals surface area contributed by atoms with Crippen LogP contribution in [0.4, 0.5) is 0 Å². The second kappa shape index (κ2) is 7.02. The number of rotatable bonds is 6. The van der Waals surface area contributed by atoms with Crippen molar-refractivity contribution >= 4 is 16.8 Å². The summed E-state index contributed by atoms with van der Waals surface area (Å²) in [5, 5.41) is 16.8. The minimum Gasteiger partial charge on any atom is -0.394 e. The number of carbonyl (C=O) groups is 1. The number of aliphatic hydroxyl groups is 1. The fraction of sp³-hybridized carbons (Fsp3) is 0.471. The summed E-state index contributed by atoms with van der Waals surface area (Å²) < 4.78 is 0. The Balaban J connectivity index is 1.67. The SMILES string of the molecule is CC(NC1CCC1)[C@@H](CO)NC(=O)c1ccc2cncnc2c1. The molecule has 6 heteroatoms. The fourth-order valence-corrected chi connectivity index (χ4v) is 2.76. The molecule has 1 heterocycles. The van der Waals surface area contributed by atoms with Crippen LogP contribution in [-0.2, 0) is 0 Å². The molecule has 2 aromatic rings. The molecule has 0 bridgehead atoms. The van der Waals surface area contributed by atoms with E-state index in [2.05, 4.69) is 20.6 Å². The van der Waals surface area contributed by atoms with E-state index < -0.39 is 0 Å². The normalized spacial score (nSPS) is 17.5. The Hall–Kier alpha value is -2.05. The van der Waals surface area contributed by atoms with Gasteiger partial charge in [0.2, 0.25) is 0 Å². The zero-order valence-electron chi connectivity index (χ0n) is 13.2. The van der Waals surface area contributed by atoms with Crippen LogP contribution in [0.15, 0.2) is 30.7 Å². The number of hydrogen-bond donors (Lipinski definition) is 3. The van der Waals surface area contributed by atoms with Gasteiger partial charge in [0.25, 0.3) is 5.91 Å². The minimum atomic E-state index is -0.316. The Morgan fingerprint density at radius 3 is 2.96 bits per heavy atom. The second-order valence-electron chi connectivity index (χ2n) is 6.14. The van der Waals surface area contributed by atoms with E-state index in [1.807, 2.05) is 13.0 Å². The fourth-order valence-electron chi connectivity index (χ4n) is 2.76. The monoisotopic (exact) mass is 314 g/mol. The molecule has 1 aromatic carbocycles. The van der Waals surface area contributed by atoms with Crippen molar-refractivity contribution in [3.8, 4) is 0 Å². The van der Waals surface area contributed by atoms with E-state index in [4.69, 9.17) is 0 Å². The van der Waals surface area contributed by atoms with Gasteiger partial charge in [-0.1, -0.05) is 12.5 Å². The zero-order chi connectivity index (χ0) is 16.2. The lowest BCUT2D eigenvalue weighted by atomic mass is 9.92. The molecule has 1 aliphatic carbocycles. The summed E-state index contributed by atoms with van der Waals surface area (Å²) in [6, 6.07) is 5.54. The van der Waals surface area contributed by atoms with Gasteiger partial charge in [-0.25, -0.2) is 9.97 Å². The van der Waals surface area contributed by atoms with E-state index in [9.17, 15) is 9.90 Å². The van der Waals surface area contributed by atoms with Gasteiger partial charge in [0.1, 0.15) is 6.33 Å². The van der Waals surface area contributed by atoms with Crippen LogP contribution in [0.2, 0.25) is 0 Å². The summed E-state index contributed by atoms with van der Waals surface area (Å²) in [4.78, 5) is 20.6. The van der Waals surface area contributed by atoms with Crippen molar-refractivity contribution in [3.05, 3.63) is 36.3 Å². The molecule has 1 fully saturated rings. The van der Waals surface area contributed by atoms with Crippen LogP contribution < -0.4 is 10.6 Å². The van der Waals surface area contributed by atoms with Crippen LogP contribution >= 0.6 is 0 Å². The molecular weight excluding hydrogens is 292 g/mol. The Morgan fingerprint density at radius 1 is 1.43 bits per heavy atom. The molecule has 1 aromatic heterocycles. The van der Waals surface area contributed by atoms with Gasteiger partial charge in [0.15, 0.2) is 0 Å². The first-order chi connectivity index (χ1) is 11.2. The minimum absolute atomic E-state index is 0.0250. The number of fused-ring (bicyclic) bond motifs is 1. The van der Waals surface area contributed by atoms with Crippen molar-refractivity contribution < 1.29 is 9.90 Å². The molecule has 1 aliphatic rings. The van der Waals surface area contributed by atoms with Gasteiger partial charge in [-0.3, -0.25) is 4.79 Å². The lowest BCUT2D eigenvalue weighted by Gasteiger charge is -2.33. The standard InChI is InChI=1S/C17H22N4O2/c1-11(20-14-3-2-4-14)16(9-22)21-17(23)12-5-6-13-8-18-10-19-15(13)7-12/h5-8,10-11,14,16,20,22H,2-4,9H2,1H3,(H,21,23)/t11?,16-/m1/s1. The molecule has 1 unspecified atom stereocenters. The van der Waals surface area contributed by atoms with Gasteiger partial charge in [0.05, 0.1) is 18.2 Å². The van der Waals surface area contributed by atoms with Crippen molar-refractivity contribution in [3.63, 3.8) is 0 Å². The molecule has 3 N–H and O–H groups in total. The Morgan fingerprint density at radius 2 is 2.26 bits per heavy atom. The molecule has 122 valence electrons. The summed E-state index contributed by atoms with van der Waals surface area (Å²) in [7, 11) is 0. The lowest BCUT2D eigenvalue weighted by molar-refractivity contribution is 0.0895. The summed E-state index contributed by atoms with van der Waals surface area (Å²) in [5.74, 6) is -0.202. The highest BCUT2D eigenvalue weighted by Crippen LogP contribution is 2.19. The number of amides is 1. The van der Waals surface area contributed by atoms with Gasteiger partial charge in [-0.05, 0) is 31.9 Å². The molecule has 0 saturated heterocycles. The Bertz CT molecular complexity index is 687. The van der Waals surface area contributed by atoms with Crippen LogP contribution in [-0.4, -0.2) is 45.7 Å². The number of carbonyl (C=O) groups excluding carboxylic acids is 1. The summed E-state index contributed by atoms with van der Waals surface area (Å²) >= 11 is 0. The maximum Gasteiger partial charge on any atom is 0.251 e. The molecule has 1 amide bonds. The van der Waals surface area contributed by atoms with Crippen LogP contribution in [0, 0.1) is 0 Å². The lowest BCUT2D eigenvalue weighted by Crippen LogP contribution is -2.54. The number of nitrogens with one attached hydrogen (secondary N) is 2. The van der Waals surface area contributed by atoms with E-state index in [0.29, 0.717) is 11.6 Å². The van der Waals surface area contributed by atoms with E-state index in [-0.39, 0.29) is 24.6 Å². The number of benzene rings is 1. The Kier molecular flexibility index (Phi) is 4.83. The molecule has 23 heavy (non-hydrogen) atoms. The first-order valence-electron chi connectivity index (χ1n) is 8.05. The molecule has 1 saturated carbocycles. The summed E-state index contributed by atoms with van der Waals surface area (Å²) in [6.07, 6.45) is 6.76. The van der Waals surface area contributed by atoms with Gasteiger partial charge in [-0.2, -0.15) is 0 Å². The quantitative estimate of drug-likeness (QED) is 0.747. The van der Waals surface area contributed by atoms with Gasteiger partial charge >= 0.3 is 0 Å². The second-order valence-corrected chi connectivity index (χ2v) is 6.14. The van der Waals surface area contributed by atoms with E-state index in [1.54, 1.807) is 18.3 Å². The highest BCUT2D eigenvalue weighted by Gasteiger charge is 2.25. The van der Waals surface area contributed by atoms with Crippen LogP contribution in [0.3, 0.4) is 0 Å². The first-order valence-corrected chi connectivity index (χ1v) is 8.05. The van der Waals surface area contributed by atoms with Crippen molar-refractivity contribution in [2.45, 2.75) is 44.3 Å². The number of aromatic nitrogens is 2. The maximum absolute atomic E-state index is 12.4. The van der Waals surface area contributed by atoms with E-state index in [1.165, 1.54) is 25.6 Å². The molecule has 0 spiro atoms. The molecule has 0 radical (unpaired) electrons. The number of nitrogens with zero attached hydrogens (tertiary/aromatic N) is 2.